The van der Waals surface area contributed by atoms with Crippen LogP contribution in [0.3, 0.4) is 0 Å². The Morgan fingerprint density at radius 1 is 1.48 bits per heavy atom. The van der Waals surface area contributed by atoms with E-state index in [-0.39, 0.29) is 16.5 Å². The van der Waals surface area contributed by atoms with Crippen molar-refractivity contribution in [1.82, 2.24) is 30.3 Å². The molecule has 0 bridgehead atoms. The highest BCUT2D eigenvalue weighted by Crippen LogP contribution is 2.24. The van der Waals surface area contributed by atoms with Crippen LogP contribution in [0.15, 0.2) is 21.6 Å². The van der Waals surface area contributed by atoms with Gasteiger partial charge in [-0.05, 0) is 35.8 Å². The number of pyridine rings is 1. The SMILES string of the molecule is CCNc1ncc(Br)cc1S(=O)(=O)NC(C)c1nn[nH]n1. The first-order chi connectivity index (χ1) is 9.94. The Morgan fingerprint density at radius 2 is 2.24 bits per heavy atom. The second-order valence-electron chi connectivity index (χ2n) is 4.14. The standard InChI is InChI=1S/C10H14BrN7O2S/c1-3-12-10-8(4-7(11)5-13-10)21(19,20)16-6(2)9-14-17-18-15-9/h4-6,16H,3H2,1-2H3,(H,12,13)(H,14,15,17,18). The lowest BCUT2D eigenvalue weighted by Crippen LogP contribution is -2.28. The molecule has 11 heteroatoms. The summed E-state index contributed by atoms with van der Waals surface area (Å²) in [5.41, 5.74) is 0. The third-order valence-corrected chi connectivity index (χ3v) is 4.52. The van der Waals surface area contributed by atoms with Gasteiger partial charge >= 0.3 is 0 Å². The van der Waals surface area contributed by atoms with Crippen LogP contribution in [0.1, 0.15) is 25.7 Å². The molecule has 0 aliphatic carbocycles. The monoisotopic (exact) mass is 375 g/mol. The fourth-order valence-electron chi connectivity index (χ4n) is 1.63. The number of rotatable bonds is 6. The quantitative estimate of drug-likeness (QED) is 0.682. The van der Waals surface area contributed by atoms with Crippen molar-refractivity contribution >= 4 is 31.8 Å². The summed E-state index contributed by atoms with van der Waals surface area (Å²) >= 11 is 3.22. The van der Waals surface area contributed by atoms with E-state index in [1.54, 1.807) is 6.92 Å². The van der Waals surface area contributed by atoms with Crippen molar-refractivity contribution in [2.24, 2.45) is 0 Å². The van der Waals surface area contributed by atoms with E-state index in [0.29, 0.717) is 11.0 Å². The average molecular weight is 376 g/mol. The fraction of sp³-hybridized carbons (Fsp3) is 0.400. The van der Waals surface area contributed by atoms with Gasteiger partial charge in [-0.2, -0.15) is 5.21 Å². The van der Waals surface area contributed by atoms with Crippen LogP contribution in [0, 0.1) is 0 Å². The molecule has 2 aromatic rings. The normalized spacial score (nSPS) is 13.1. The lowest BCUT2D eigenvalue weighted by Gasteiger charge is -2.14. The number of tetrazole rings is 1. The van der Waals surface area contributed by atoms with Crippen LogP contribution < -0.4 is 10.0 Å². The first-order valence-electron chi connectivity index (χ1n) is 6.09. The Labute approximate surface area is 130 Å². The molecule has 2 rings (SSSR count). The zero-order valence-electron chi connectivity index (χ0n) is 11.3. The largest absolute Gasteiger partial charge is 0.369 e. The van der Waals surface area contributed by atoms with Crippen molar-refractivity contribution in [2.45, 2.75) is 24.8 Å². The predicted octanol–water partition coefficient (Wildman–Crippen LogP) is 0.828. The number of halogens is 1. The summed E-state index contributed by atoms with van der Waals surface area (Å²) < 4.78 is 28.0. The molecule has 2 heterocycles. The van der Waals surface area contributed by atoms with E-state index in [0.717, 1.165) is 0 Å². The van der Waals surface area contributed by atoms with Crippen molar-refractivity contribution in [3.05, 3.63) is 22.6 Å². The van der Waals surface area contributed by atoms with E-state index in [1.807, 2.05) is 6.92 Å². The van der Waals surface area contributed by atoms with Gasteiger partial charge in [-0.25, -0.2) is 18.1 Å². The molecule has 21 heavy (non-hydrogen) atoms. The predicted molar refractivity (Wildman–Crippen MR) is 79.0 cm³/mol. The van der Waals surface area contributed by atoms with Crippen molar-refractivity contribution in [1.29, 1.82) is 0 Å². The minimum Gasteiger partial charge on any atom is -0.369 e. The van der Waals surface area contributed by atoms with Crippen molar-refractivity contribution < 1.29 is 8.42 Å². The van der Waals surface area contributed by atoms with Gasteiger partial charge in [-0.15, -0.1) is 10.2 Å². The first kappa shape index (κ1) is 15.8. The molecule has 0 saturated carbocycles. The molecule has 9 nitrogen and oxygen atoms in total. The smallest absolute Gasteiger partial charge is 0.244 e. The summed E-state index contributed by atoms with van der Waals surface area (Å²) in [5.74, 6) is 0.542. The molecule has 0 radical (unpaired) electrons. The Bertz CT molecular complexity index is 704. The third kappa shape index (κ3) is 3.74. The van der Waals surface area contributed by atoms with Crippen LogP contribution in [0.2, 0.25) is 0 Å². The zero-order chi connectivity index (χ0) is 15.5. The van der Waals surface area contributed by atoms with Gasteiger partial charge in [-0.1, -0.05) is 5.21 Å². The van der Waals surface area contributed by atoms with Gasteiger partial charge in [-0.3, -0.25) is 0 Å². The molecule has 0 spiro atoms. The number of hydrogen-bond acceptors (Lipinski definition) is 7. The van der Waals surface area contributed by atoms with E-state index >= 15 is 0 Å². The fourth-order valence-corrected chi connectivity index (χ4v) is 3.47. The second kappa shape index (κ2) is 6.45. The maximum Gasteiger partial charge on any atom is 0.244 e. The van der Waals surface area contributed by atoms with Gasteiger partial charge < -0.3 is 5.32 Å². The highest BCUT2D eigenvalue weighted by Gasteiger charge is 2.24. The molecule has 0 amide bonds. The number of aromatic nitrogens is 5. The van der Waals surface area contributed by atoms with Gasteiger partial charge in [0.05, 0.1) is 6.04 Å². The first-order valence-corrected chi connectivity index (χ1v) is 8.36. The van der Waals surface area contributed by atoms with E-state index in [4.69, 9.17) is 0 Å². The van der Waals surface area contributed by atoms with E-state index < -0.39 is 16.1 Å². The minimum absolute atomic E-state index is 0.0501. The summed E-state index contributed by atoms with van der Waals surface area (Å²) in [5, 5.41) is 16.1. The van der Waals surface area contributed by atoms with E-state index in [1.165, 1.54) is 12.3 Å². The van der Waals surface area contributed by atoms with Gasteiger partial charge in [0.15, 0.2) is 5.82 Å². The van der Waals surface area contributed by atoms with Gasteiger partial charge in [0.2, 0.25) is 10.0 Å². The Morgan fingerprint density at radius 3 is 2.86 bits per heavy atom. The number of hydrogen-bond donors (Lipinski definition) is 3. The number of H-pyrrole nitrogens is 1. The summed E-state index contributed by atoms with van der Waals surface area (Å²) in [4.78, 5) is 4.13. The van der Waals surface area contributed by atoms with E-state index in [2.05, 4.69) is 51.6 Å². The van der Waals surface area contributed by atoms with Crippen LogP contribution in [0.5, 0.6) is 0 Å². The maximum absolute atomic E-state index is 12.5. The molecule has 0 aliphatic heterocycles. The van der Waals surface area contributed by atoms with Crippen LogP contribution in [-0.2, 0) is 10.0 Å². The van der Waals surface area contributed by atoms with Crippen LogP contribution in [0.4, 0.5) is 5.82 Å². The van der Waals surface area contributed by atoms with Crippen LogP contribution in [0.25, 0.3) is 0 Å². The molecule has 3 N–H and O–H groups in total. The Kier molecular flexibility index (Phi) is 4.85. The lowest BCUT2D eigenvalue weighted by atomic mass is 10.4. The van der Waals surface area contributed by atoms with Crippen LogP contribution in [-0.4, -0.2) is 40.6 Å². The molecule has 0 saturated heterocycles. The Hall–Kier alpha value is -1.59. The molecular weight excluding hydrogens is 362 g/mol. The van der Waals surface area contributed by atoms with Gasteiger partial charge in [0.25, 0.3) is 0 Å². The molecule has 2 aromatic heterocycles. The highest BCUT2D eigenvalue weighted by molar-refractivity contribution is 9.10. The summed E-state index contributed by atoms with van der Waals surface area (Å²) in [6, 6.07) is 0.859. The summed E-state index contributed by atoms with van der Waals surface area (Å²) in [7, 11) is -3.79. The lowest BCUT2D eigenvalue weighted by molar-refractivity contribution is 0.560. The molecule has 0 aliphatic rings. The Balaban J connectivity index is 2.33. The summed E-state index contributed by atoms with van der Waals surface area (Å²) in [6.45, 7) is 4.04. The number of sulfonamides is 1. The van der Waals surface area contributed by atoms with Crippen molar-refractivity contribution in [2.75, 3.05) is 11.9 Å². The topological polar surface area (TPSA) is 126 Å². The average Bonchev–Trinajstić information content (AvgIpc) is 2.94. The molecule has 1 atom stereocenters. The number of nitrogens with zero attached hydrogens (tertiary/aromatic N) is 4. The molecular formula is C10H14BrN7O2S. The molecule has 0 aromatic carbocycles. The summed E-state index contributed by atoms with van der Waals surface area (Å²) in [6.07, 6.45) is 1.53. The van der Waals surface area contributed by atoms with E-state index in [9.17, 15) is 8.42 Å². The molecule has 1 unspecified atom stereocenters. The van der Waals surface area contributed by atoms with Crippen molar-refractivity contribution in [3.63, 3.8) is 0 Å². The van der Waals surface area contributed by atoms with Crippen molar-refractivity contribution in [3.8, 4) is 0 Å². The maximum atomic E-state index is 12.5. The third-order valence-electron chi connectivity index (χ3n) is 2.53. The molecule has 0 fully saturated rings. The highest BCUT2D eigenvalue weighted by atomic mass is 79.9. The van der Waals surface area contributed by atoms with Gasteiger partial charge in [0.1, 0.15) is 10.7 Å². The molecule has 114 valence electrons. The van der Waals surface area contributed by atoms with Crippen LogP contribution >= 0.6 is 15.9 Å². The number of aromatic amines is 1. The minimum atomic E-state index is -3.79. The zero-order valence-corrected chi connectivity index (χ0v) is 13.7. The van der Waals surface area contributed by atoms with Gasteiger partial charge in [0, 0.05) is 17.2 Å². The second-order valence-corrected chi connectivity index (χ2v) is 6.74. The number of anilines is 1. The number of nitrogens with one attached hydrogen (secondary N) is 3.